The van der Waals surface area contributed by atoms with Crippen molar-refractivity contribution in [3.63, 3.8) is 0 Å². The first-order valence-electron chi connectivity index (χ1n) is 6.04. The molecule has 0 aromatic heterocycles. The van der Waals surface area contributed by atoms with Crippen LogP contribution < -0.4 is 16.2 Å². The van der Waals surface area contributed by atoms with E-state index in [0.717, 1.165) is 11.3 Å². The summed E-state index contributed by atoms with van der Waals surface area (Å²) in [6.45, 7) is 1.94. The molecule has 4 nitrogen and oxygen atoms in total. The average molecular weight is 255 g/mol. The summed E-state index contributed by atoms with van der Waals surface area (Å²) in [7, 11) is 1.75. The lowest BCUT2D eigenvalue weighted by Crippen LogP contribution is -2.27. The Balaban J connectivity index is 2.37. The number of nitrogen functional groups attached to an aromatic ring is 1. The molecule has 0 heterocycles. The molecule has 0 aliphatic heterocycles. The van der Waals surface area contributed by atoms with Gasteiger partial charge < -0.3 is 10.3 Å². The van der Waals surface area contributed by atoms with E-state index in [0.29, 0.717) is 11.3 Å². The Morgan fingerprint density at radius 3 is 2.47 bits per heavy atom. The molecule has 0 aliphatic rings. The van der Waals surface area contributed by atoms with Crippen LogP contribution in [0.2, 0.25) is 0 Å². The largest absolute Gasteiger partial charge is 0.323 e. The van der Waals surface area contributed by atoms with Gasteiger partial charge in [-0.1, -0.05) is 29.8 Å². The molecule has 2 rings (SSSR count). The molecule has 2 aromatic carbocycles. The van der Waals surface area contributed by atoms with E-state index in [-0.39, 0.29) is 5.91 Å². The first-order valence-corrected chi connectivity index (χ1v) is 6.04. The van der Waals surface area contributed by atoms with Crippen LogP contribution in [0.15, 0.2) is 48.5 Å². The topological polar surface area (TPSA) is 58.4 Å². The fourth-order valence-corrected chi connectivity index (χ4v) is 1.91. The first kappa shape index (κ1) is 13.1. The number of nitrogens with one attached hydrogen (secondary N) is 1. The van der Waals surface area contributed by atoms with E-state index in [1.54, 1.807) is 18.0 Å². The number of nitrogens with two attached hydrogens (primary N) is 1. The van der Waals surface area contributed by atoms with Crippen molar-refractivity contribution in [2.24, 2.45) is 5.84 Å². The van der Waals surface area contributed by atoms with Crippen LogP contribution in [0, 0.1) is 6.92 Å². The quantitative estimate of drug-likeness (QED) is 0.654. The van der Waals surface area contributed by atoms with Crippen molar-refractivity contribution in [2.45, 2.75) is 6.92 Å². The molecule has 3 N–H and O–H groups in total. The van der Waals surface area contributed by atoms with Crippen molar-refractivity contribution in [1.29, 1.82) is 0 Å². The molecule has 0 aliphatic carbocycles. The Morgan fingerprint density at radius 1 is 1.16 bits per heavy atom. The van der Waals surface area contributed by atoms with Gasteiger partial charge in [0.05, 0.1) is 11.3 Å². The number of anilines is 2. The summed E-state index contributed by atoms with van der Waals surface area (Å²) in [6, 6.07) is 15.1. The van der Waals surface area contributed by atoms with Gasteiger partial charge in [0.2, 0.25) is 0 Å². The summed E-state index contributed by atoms with van der Waals surface area (Å²) in [4.78, 5) is 14.1. The summed E-state index contributed by atoms with van der Waals surface area (Å²) in [6.07, 6.45) is 0. The van der Waals surface area contributed by atoms with E-state index in [9.17, 15) is 4.79 Å². The van der Waals surface area contributed by atoms with E-state index in [2.05, 4.69) is 5.43 Å². The van der Waals surface area contributed by atoms with Gasteiger partial charge in [-0.2, -0.15) is 0 Å². The molecule has 1 amide bonds. The number of hydrogen-bond donors (Lipinski definition) is 2. The number of para-hydroxylation sites is 1. The lowest BCUT2D eigenvalue weighted by molar-refractivity contribution is 0.0993. The fourth-order valence-electron chi connectivity index (χ4n) is 1.91. The maximum Gasteiger partial charge on any atom is 0.260 e. The monoisotopic (exact) mass is 255 g/mol. The van der Waals surface area contributed by atoms with E-state index in [1.165, 1.54) is 0 Å². The molecular weight excluding hydrogens is 238 g/mol. The van der Waals surface area contributed by atoms with Gasteiger partial charge in [0, 0.05) is 12.7 Å². The number of benzene rings is 2. The molecule has 0 atom stereocenters. The number of carbonyl (C=O) groups excluding carboxylic acids is 1. The molecule has 0 unspecified atom stereocenters. The van der Waals surface area contributed by atoms with Crippen LogP contribution in [0.4, 0.5) is 11.4 Å². The normalized spacial score (nSPS) is 10.1. The zero-order chi connectivity index (χ0) is 13.8. The maximum atomic E-state index is 12.5. The summed E-state index contributed by atoms with van der Waals surface area (Å²) in [5.74, 6) is 5.36. The minimum absolute atomic E-state index is 0.0946. The Labute approximate surface area is 112 Å². The minimum Gasteiger partial charge on any atom is -0.323 e. The standard InChI is InChI=1S/C15H17N3O/c1-11-8-9-14(17-16)13(10-11)15(19)18(2)12-6-4-3-5-7-12/h3-10,17H,16H2,1-2H3. The van der Waals surface area contributed by atoms with Gasteiger partial charge in [0.15, 0.2) is 0 Å². The van der Waals surface area contributed by atoms with Crippen LogP contribution in [0.25, 0.3) is 0 Å². The summed E-state index contributed by atoms with van der Waals surface area (Å²) < 4.78 is 0. The molecule has 0 spiro atoms. The predicted octanol–water partition coefficient (Wildman–Crippen LogP) is 2.56. The number of rotatable bonds is 3. The predicted molar refractivity (Wildman–Crippen MR) is 78.2 cm³/mol. The van der Waals surface area contributed by atoms with Crippen LogP contribution in [-0.4, -0.2) is 13.0 Å². The van der Waals surface area contributed by atoms with Crippen molar-refractivity contribution in [1.82, 2.24) is 0 Å². The third-order valence-electron chi connectivity index (χ3n) is 3.01. The van der Waals surface area contributed by atoms with E-state index < -0.39 is 0 Å². The second-order valence-electron chi connectivity index (χ2n) is 4.39. The number of hydrazine groups is 1. The summed E-state index contributed by atoms with van der Waals surface area (Å²) in [5, 5.41) is 0. The highest BCUT2D eigenvalue weighted by Crippen LogP contribution is 2.21. The van der Waals surface area contributed by atoms with Crippen LogP contribution in [-0.2, 0) is 0 Å². The summed E-state index contributed by atoms with van der Waals surface area (Å²) >= 11 is 0. The first-order chi connectivity index (χ1) is 9.13. The van der Waals surface area contributed by atoms with Crippen molar-refractivity contribution in [3.05, 3.63) is 59.7 Å². The van der Waals surface area contributed by atoms with E-state index in [4.69, 9.17) is 5.84 Å². The molecule has 0 bridgehead atoms. The zero-order valence-corrected chi connectivity index (χ0v) is 11.1. The van der Waals surface area contributed by atoms with Crippen LogP contribution in [0.3, 0.4) is 0 Å². The third-order valence-corrected chi connectivity index (χ3v) is 3.01. The zero-order valence-electron chi connectivity index (χ0n) is 11.1. The average Bonchev–Trinajstić information content (AvgIpc) is 2.46. The highest BCUT2D eigenvalue weighted by atomic mass is 16.2. The smallest absolute Gasteiger partial charge is 0.260 e. The number of carbonyl (C=O) groups is 1. The Hall–Kier alpha value is -2.33. The van der Waals surface area contributed by atoms with Crippen molar-refractivity contribution in [3.8, 4) is 0 Å². The van der Waals surface area contributed by atoms with Gasteiger partial charge in [0.1, 0.15) is 0 Å². The SMILES string of the molecule is Cc1ccc(NN)c(C(=O)N(C)c2ccccc2)c1. The molecule has 0 radical (unpaired) electrons. The Bertz CT molecular complexity index is 581. The van der Waals surface area contributed by atoms with Gasteiger partial charge in [0.25, 0.3) is 5.91 Å². The number of hydrogen-bond acceptors (Lipinski definition) is 3. The van der Waals surface area contributed by atoms with Gasteiger partial charge >= 0.3 is 0 Å². The van der Waals surface area contributed by atoms with Crippen molar-refractivity contribution >= 4 is 17.3 Å². The van der Waals surface area contributed by atoms with Gasteiger partial charge in [-0.25, -0.2) is 0 Å². The number of amides is 1. The van der Waals surface area contributed by atoms with Crippen LogP contribution >= 0.6 is 0 Å². The molecule has 0 fully saturated rings. The van der Waals surface area contributed by atoms with Crippen LogP contribution in [0.1, 0.15) is 15.9 Å². The molecule has 0 saturated heterocycles. The van der Waals surface area contributed by atoms with Crippen molar-refractivity contribution in [2.75, 3.05) is 17.4 Å². The van der Waals surface area contributed by atoms with Crippen molar-refractivity contribution < 1.29 is 4.79 Å². The summed E-state index contributed by atoms with van der Waals surface area (Å²) in [5.41, 5.74) is 5.61. The van der Waals surface area contributed by atoms with Crippen LogP contribution in [0.5, 0.6) is 0 Å². The lowest BCUT2D eigenvalue weighted by Gasteiger charge is -2.19. The second-order valence-corrected chi connectivity index (χ2v) is 4.39. The maximum absolute atomic E-state index is 12.5. The molecular formula is C15H17N3O. The van der Waals surface area contributed by atoms with Gasteiger partial charge in [-0.15, -0.1) is 0 Å². The molecule has 4 heteroatoms. The van der Waals surface area contributed by atoms with Gasteiger partial charge in [-0.3, -0.25) is 10.6 Å². The third kappa shape index (κ3) is 2.74. The molecule has 0 saturated carbocycles. The highest BCUT2D eigenvalue weighted by molar-refractivity contribution is 6.09. The lowest BCUT2D eigenvalue weighted by atomic mass is 10.1. The Morgan fingerprint density at radius 2 is 1.84 bits per heavy atom. The Kier molecular flexibility index (Phi) is 3.82. The molecule has 2 aromatic rings. The van der Waals surface area contributed by atoms with Gasteiger partial charge in [-0.05, 0) is 31.2 Å². The molecule has 19 heavy (non-hydrogen) atoms. The number of nitrogens with zero attached hydrogens (tertiary/aromatic N) is 1. The minimum atomic E-state index is -0.0946. The molecule has 98 valence electrons. The fraction of sp³-hybridized carbons (Fsp3) is 0.133. The highest BCUT2D eigenvalue weighted by Gasteiger charge is 2.16. The second kappa shape index (κ2) is 5.54. The number of aryl methyl sites for hydroxylation is 1. The van der Waals surface area contributed by atoms with E-state index in [1.807, 2.05) is 49.4 Å². The van der Waals surface area contributed by atoms with E-state index >= 15 is 0 Å².